The van der Waals surface area contributed by atoms with Gasteiger partial charge < -0.3 is 24.5 Å². The maximum absolute atomic E-state index is 12.7. The number of H-pyrrole nitrogens is 1. The highest BCUT2D eigenvalue weighted by molar-refractivity contribution is 5.79. The number of hydrogen-bond donors (Lipinski definition) is 2. The minimum absolute atomic E-state index is 0.0457. The molecule has 0 bridgehead atoms. The largest absolute Gasteiger partial charge is 0.487 e. The average Bonchev–Trinajstić information content (AvgIpc) is 2.80. The SMILES string of the molecule is Cc1c(COc2cccc(N3CCC(OCCC(C)(C)O)CC3)c2)[nH]c2ccccc2c1=O. The van der Waals surface area contributed by atoms with Crippen LogP contribution < -0.4 is 15.1 Å². The van der Waals surface area contributed by atoms with Gasteiger partial charge in [0.25, 0.3) is 0 Å². The quantitative estimate of drug-likeness (QED) is 0.526. The summed E-state index contributed by atoms with van der Waals surface area (Å²) in [5.74, 6) is 0.782. The van der Waals surface area contributed by atoms with E-state index in [4.69, 9.17) is 9.47 Å². The van der Waals surface area contributed by atoms with E-state index in [1.54, 1.807) is 0 Å². The van der Waals surface area contributed by atoms with E-state index in [1.807, 2.05) is 57.2 Å². The zero-order valence-electron chi connectivity index (χ0n) is 19.8. The predicted octanol–water partition coefficient (Wildman–Crippen LogP) is 4.56. The molecule has 1 aliphatic rings. The first kappa shape index (κ1) is 23.3. The second-order valence-corrected chi connectivity index (χ2v) is 9.51. The number of benzene rings is 2. The minimum atomic E-state index is -0.681. The van der Waals surface area contributed by atoms with E-state index in [-0.39, 0.29) is 11.5 Å². The summed E-state index contributed by atoms with van der Waals surface area (Å²) in [7, 11) is 0. The second-order valence-electron chi connectivity index (χ2n) is 9.51. The number of nitrogens with zero attached hydrogens (tertiary/aromatic N) is 1. The van der Waals surface area contributed by atoms with Gasteiger partial charge in [0.05, 0.1) is 17.4 Å². The molecule has 0 atom stereocenters. The van der Waals surface area contributed by atoms with Crippen LogP contribution in [0.3, 0.4) is 0 Å². The van der Waals surface area contributed by atoms with Crippen molar-refractivity contribution in [3.63, 3.8) is 0 Å². The number of para-hydroxylation sites is 1. The van der Waals surface area contributed by atoms with Crippen molar-refractivity contribution in [2.45, 2.75) is 58.3 Å². The fourth-order valence-electron chi connectivity index (χ4n) is 4.21. The maximum atomic E-state index is 12.7. The van der Waals surface area contributed by atoms with Crippen LogP contribution in [0.5, 0.6) is 5.75 Å². The summed E-state index contributed by atoms with van der Waals surface area (Å²) in [4.78, 5) is 18.4. The van der Waals surface area contributed by atoms with Crippen LogP contribution in [0, 0.1) is 6.92 Å². The van der Waals surface area contributed by atoms with Gasteiger partial charge in [-0.05, 0) is 64.3 Å². The summed E-state index contributed by atoms with van der Waals surface area (Å²) in [6.07, 6.45) is 2.83. The Balaban J connectivity index is 1.35. The summed E-state index contributed by atoms with van der Waals surface area (Å²) in [5.41, 5.74) is 2.81. The third-order valence-corrected chi connectivity index (χ3v) is 6.33. The van der Waals surface area contributed by atoms with Crippen molar-refractivity contribution in [1.29, 1.82) is 0 Å². The third kappa shape index (κ3) is 5.95. The molecule has 33 heavy (non-hydrogen) atoms. The average molecular weight is 451 g/mol. The molecule has 2 N–H and O–H groups in total. The molecule has 0 saturated carbocycles. The van der Waals surface area contributed by atoms with E-state index in [0.717, 1.165) is 48.6 Å². The van der Waals surface area contributed by atoms with Crippen molar-refractivity contribution in [2.24, 2.45) is 0 Å². The van der Waals surface area contributed by atoms with Crippen LogP contribution in [0.25, 0.3) is 10.9 Å². The molecule has 0 aliphatic carbocycles. The van der Waals surface area contributed by atoms with Gasteiger partial charge in [-0.2, -0.15) is 0 Å². The highest BCUT2D eigenvalue weighted by Crippen LogP contribution is 2.26. The molecule has 0 unspecified atom stereocenters. The number of pyridine rings is 1. The number of aromatic amines is 1. The Bertz CT molecular complexity index is 1140. The highest BCUT2D eigenvalue weighted by Gasteiger charge is 2.21. The smallest absolute Gasteiger partial charge is 0.192 e. The van der Waals surface area contributed by atoms with Gasteiger partial charge >= 0.3 is 0 Å². The monoisotopic (exact) mass is 450 g/mol. The molecule has 176 valence electrons. The van der Waals surface area contributed by atoms with Gasteiger partial charge in [-0.15, -0.1) is 0 Å². The summed E-state index contributed by atoms with van der Waals surface area (Å²) in [6.45, 7) is 8.22. The van der Waals surface area contributed by atoms with Crippen molar-refractivity contribution in [3.8, 4) is 5.75 Å². The van der Waals surface area contributed by atoms with Crippen molar-refractivity contribution < 1.29 is 14.6 Å². The van der Waals surface area contributed by atoms with E-state index in [0.29, 0.717) is 30.6 Å². The molecule has 2 aromatic carbocycles. The molecule has 0 radical (unpaired) electrons. The summed E-state index contributed by atoms with van der Waals surface area (Å²) >= 11 is 0. The van der Waals surface area contributed by atoms with E-state index in [9.17, 15) is 9.90 Å². The highest BCUT2D eigenvalue weighted by atomic mass is 16.5. The Morgan fingerprint density at radius 3 is 2.64 bits per heavy atom. The van der Waals surface area contributed by atoms with Crippen molar-refractivity contribution in [3.05, 3.63) is 70.0 Å². The molecule has 0 spiro atoms. The van der Waals surface area contributed by atoms with Crippen LogP contribution in [-0.2, 0) is 11.3 Å². The van der Waals surface area contributed by atoms with E-state index < -0.39 is 5.60 Å². The zero-order chi connectivity index (χ0) is 23.4. The van der Waals surface area contributed by atoms with E-state index in [2.05, 4.69) is 22.0 Å². The lowest BCUT2D eigenvalue weighted by molar-refractivity contribution is -0.00914. The first-order chi connectivity index (χ1) is 15.8. The number of aromatic nitrogens is 1. The van der Waals surface area contributed by atoms with Gasteiger partial charge in [0.2, 0.25) is 0 Å². The lowest BCUT2D eigenvalue weighted by Crippen LogP contribution is -2.37. The van der Waals surface area contributed by atoms with E-state index in [1.165, 1.54) is 0 Å². The van der Waals surface area contributed by atoms with Gasteiger partial charge in [-0.1, -0.05) is 18.2 Å². The van der Waals surface area contributed by atoms with E-state index >= 15 is 0 Å². The Kier molecular flexibility index (Phi) is 7.05. The molecular formula is C27H34N2O4. The van der Waals surface area contributed by atoms with Crippen LogP contribution >= 0.6 is 0 Å². The number of rotatable bonds is 8. The normalized spacial score (nSPS) is 15.2. The molecule has 2 heterocycles. The van der Waals surface area contributed by atoms with Gasteiger partial charge in [-0.3, -0.25) is 4.79 Å². The Morgan fingerprint density at radius 2 is 1.88 bits per heavy atom. The number of piperidine rings is 1. The Labute approximate surface area is 195 Å². The number of anilines is 1. The fourth-order valence-corrected chi connectivity index (χ4v) is 4.21. The Hall–Kier alpha value is -2.83. The number of hydrogen-bond acceptors (Lipinski definition) is 5. The first-order valence-electron chi connectivity index (χ1n) is 11.7. The van der Waals surface area contributed by atoms with Crippen molar-refractivity contribution in [1.82, 2.24) is 4.98 Å². The van der Waals surface area contributed by atoms with Crippen molar-refractivity contribution >= 4 is 16.6 Å². The van der Waals surface area contributed by atoms with Crippen LogP contribution in [0.1, 0.15) is 44.4 Å². The van der Waals surface area contributed by atoms with Crippen LogP contribution in [0.2, 0.25) is 0 Å². The number of aliphatic hydroxyl groups is 1. The topological polar surface area (TPSA) is 74.8 Å². The minimum Gasteiger partial charge on any atom is -0.487 e. The van der Waals surface area contributed by atoms with Crippen LogP contribution in [0.15, 0.2) is 53.3 Å². The number of fused-ring (bicyclic) bond motifs is 1. The summed E-state index contributed by atoms with van der Waals surface area (Å²) in [6, 6.07) is 15.7. The van der Waals surface area contributed by atoms with Gasteiger partial charge in [0, 0.05) is 47.9 Å². The molecule has 6 nitrogen and oxygen atoms in total. The lowest BCUT2D eigenvalue weighted by Gasteiger charge is -2.34. The third-order valence-electron chi connectivity index (χ3n) is 6.33. The molecule has 4 rings (SSSR count). The van der Waals surface area contributed by atoms with Crippen LogP contribution in [-0.4, -0.2) is 41.5 Å². The zero-order valence-corrected chi connectivity index (χ0v) is 19.8. The number of ether oxygens (including phenoxy) is 2. The molecule has 1 saturated heterocycles. The number of nitrogens with one attached hydrogen (secondary N) is 1. The maximum Gasteiger partial charge on any atom is 0.192 e. The summed E-state index contributed by atoms with van der Waals surface area (Å²) in [5, 5.41) is 10.5. The molecule has 1 aromatic heterocycles. The summed E-state index contributed by atoms with van der Waals surface area (Å²) < 4.78 is 12.0. The molecule has 0 amide bonds. The molecule has 6 heteroatoms. The molecule has 1 fully saturated rings. The fraction of sp³-hybridized carbons (Fsp3) is 0.444. The van der Waals surface area contributed by atoms with Crippen molar-refractivity contribution in [2.75, 3.05) is 24.6 Å². The van der Waals surface area contributed by atoms with Gasteiger partial charge in [0.1, 0.15) is 12.4 Å². The second kappa shape index (κ2) is 9.98. The lowest BCUT2D eigenvalue weighted by atomic mass is 10.1. The molecule has 3 aromatic rings. The van der Waals surface area contributed by atoms with Crippen LogP contribution in [0.4, 0.5) is 5.69 Å². The molecular weight excluding hydrogens is 416 g/mol. The molecule has 1 aliphatic heterocycles. The van der Waals surface area contributed by atoms with Gasteiger partial charge in [-0.25, -0.2) is 0 Å². The Morgan fingerprint density at radius 1 is 1.12 bits per heavy atom. The predicted molar refractivity (Wildman–Crippen MR) is 132 cm³/mol. The first-order valence-corrected chi connectivity index (χ1v) is 11.7. The van der Waals surface area contributed by atoms with Gasteiger partial charge in [0.15, 0.2) is 5.43 Å². The standard InChI is InChI=1S/C27H34N2O4/c1-19-25(28-24-10-5-4-9-23(24)26(19)30)18-33-22-8-6-7-20(17-22)29-14-11-21(12-15-29)32-16-13-27(2,3)31/h4-10,17,21,31H,11-16,18H2,1-3H3,(H,28,30).